The number of carbonyl (C=O) groups is 1. The molecular weight excluding hydrogens is 362 g/mol. The topological polar surface area (TPSA) is 65.4 Å². The summed E-state index contributed by atoms with van der Waals surface area (Å²) in [5.41, 5.74) is 3.27. The number of carbonyl (C=O) groups excluding carboxylic acids is 1. The molecule has 0 saturated heterocycles. The summed E-state index contributed by atoms with van der Waals surface area (Å²) >= 11 is 0. The Morgan fingerprint density at radius 1 is 1.04 bits per heavy atom. The third-order valence-electron chi connectivity index (χ3n) is 5.59. The van der Waals surface area contributed by atoms with E-state index >= 15 is 0 Å². The Morgan fingerprint density at radius 3 is 2.19 bits per heavy atom. The van der Waals surface area contributed by atoms with E-state index in [9.17, 15) is 13.2 Å². The largest absolute Gasteiger partial charge is 0.465 e. The van der Waals surface area contributed by atoms with Crippen LogP contribution in [0.2, 0.25) is 0 Å². The van der Waals surface area contributed by atoms with Gasteiger partial charge >= 0.3 is 5.97 Å². The number of hydrogen-bond acceptors (Lipinski definition) is 4. The van der Waals surface area contributed by atoms with Crippen LogP contribution in [-0.2, 0) is 14.8 Å². The van der Waals surface area contributed by atoms with Gasteiger partial charge in [0.15, 0.2) is 0 Å². The molecule has 0 spiro atoms. The zero-order chi connectivity index (χ0) is 19.8. The molecule has 1 aliphatic carbocycles. The van der Waals surface area contributed by atoms with Gasteiger partial charge < -0.3 is 4.74 Å². The predicted octanol–water partition coefficient (Wildman–Crippen LogP) is 4.48. The Balaban J connectivity index is 2.26. The van der Waals surface area contributed by atoms with Crippen molar-refractivity contribution in [2.75, 3.05) is 7.11 Å². The molecule has 3 rings (SSSR count). The summed E-state index contributed by atoms with van der Waals surface area (Å²) in [6.45, 7) is 5.45. The Labute approximate surface area is 161 Å². The first-order valence-electron chi connectivity index (χ1n) is 9.41. The third kappa shape index (κ3) is 3.43. The van der Waals surface area contributed by atoms with Gasteiger partial charge in [-0.15, -0.1) is 0 Å². The quantitative estimate of drug-likeness (QED) is 0.723. The lowest BCUT2D eigenvalue weighted by Crippen LogP contribution is -2.20. The van der Waals surface area contributed by atoms with Crippen molar-refractivity contribution in [1.82, 2.24) is 3.97 Å². The molecule has 0 radical (unpaired) electrons. The zero-order valence-electron chi connectivity index (χ0n) is 16.4. The second-order valence-corrected chi connectivity index (χ2v) is 9.17. The van der Waals surface area contributed by atoms with E-state index in [4.69, 9.17) is 4.74 Å². The van der Waals surface area contributed by atoms with Crippen LogP contribution < -0.4 is 0 Å². The second-order valence-electron chi connectivity index (χ2n) is 7.38. The smallest absolute Gasteiger partial charge is 0.340 e. The molecule has 0 unspecified atom stereocenters. The third-order valence-corrected chi connectivity index (χ3v) is 7.40. The number of nitrogens with zero attached hydrogens (tertiary/aromatic N) is 1. The van der Waals surface area contributed by atoms with Gasteiger partial charge in [-0.1, -0.05) is 37.0 Å². The summed E-state index contributed by atoms with van der Waals surface area (Å²) < 4.78 is 33.4. The van der Waals surface area contributed by atoms with Crippen molar-refractivity contribution in [3.8, 4) is 0 Å². The maximum atomic E-state index is 13.5. The van der Waals surface area contributed by atoms with Crippen molar-refractivity contribution >= 4 is 16.0 Å². The van der Waals surface area contributed by atoms with Crippen LogP contribution in [0.5, 0.6) is 0 Å². The van der Waals surface area contributed by atoms with Crippen LogP contribution in [0.15, 0.2) is 29.2 Å². The van der Waals surface area contributed by atoms with E-state index in [1.54, 1.807) is 31.2 Å². The first-order valence-corrected chi connectivity index (χ1v) is 10.9. The van der Waals surface area contributed by atoms with Crippen molar-refractivity contribution in [2.45, 2.75) is 63.7 Å². The van der Waals surface area contributed by atoms with Gasteiger partial charge in [-0.25, -0.2) is 17.2 Å². The number of esters is 1. The molecule has 0 bridgehead atoms. The van der Waals surface area contributed by atoms with Gasteiger partial charge in [0.05, 0.1) is 17.6 Å². The van der Waals surface area contributed by atoms with Crippen LogP contribution in [-0.4, -0.2) is 25.5 Å². The van der Waals surface area contributed by atoms with Crippen molar-refractivity contribution in [3.63, 3.8) is 0 Å². The molecule has 2 aromatic rings. The van der Waals surface area contributed by atoms with Crippen LogP contribution in [0.4, 0.5) is 0 Å². The maximum Gasteiger partial charge on any atom is 0.340 e. The fourth-order valence-corrected chi connectivity index (χ4v) is 5.90. The van der Waals surface area contributed by atoms with E-state index in [0.717, 1.165) is 42.5 Å². The fraction of sp³-hybridized carbons (Fsp3) is 0.476. The van der Waals surface area contributed by atoms with Crippen LogP contribution in [0.1, 0.15) is 70.9 Å². The molecule has 5 nitrogen and oxygen atoms in total. The van der Waals surface area contributed by atoms with Gasteiger partial charge in [0.25, 0.3) is 10.0 Å². The van der Waals surface area contributed by atoms with E-state index in [0.29, 0.717) is 11.3 Å². The molecule has 0 atom stereocenters. The minimum Gasteiger partial charge on any atom is -0.465 e. The molecule has 1 aromatic heterocycles. The van der Waals surface area contributed by atoms with Gasteiger partial charge in [0.2, 0.25) is 0 Å². The number of aromatic nitrogens is 1. The molecule has 0 N–H and O–H groups in total. The lowest BCUT2D eigenvalue weighted by atomic mass is 9.85. The molecule has 146 valence electrons. The number of benzene rings is 1. The Bertz CT molecular complexity index is 949. The average Bonchev–Trinajstić information content (AvgIpc) is 2.93. The Kier molecular flexibility index (Phi) is 5.47. The van der Waals surface area contributed by atoms with E-state index in [2.05, 4.69) is 0 Å². The molecule has 0 amide bonds. The highest BCUT2D eigenvalue weighted by Gasteiger charge is 2.34. The predicted molar refractivity (Wildman–Crippen MR) is 105 cm³/mol. The lowest BCUT2D eigenvalue weighted by molar-refractivity contribution is 0.0599. The highest BCUT2D eigenvalue weighted by Crippen LogP contribution is 2.39. The minimum atomic E-state index is -3.80. The summed E-state index contributed by atoms with van der Waals surface area (Å²) in [5.74, 6) is -0.351. The van der Waals surface area contributed by atoms with Gasteiger partial charge in [-0.2, -0.15) is 0 Å². The minimum absolute atomic E-state index is 0.135. The summed E-state index contributed by atoms with van der Waals surface area (Å²) in [7, 11) is -2.47. The first-order chi connectivity index (χ1) is 12.8. The Morgan fingerprint density at radius 2 is 1.63 bits per heavy atom. The summed E-state index contributed by atoms with van der Waals surface area (Å²) in [6, 6.07) is 6.84. The van der Waals surface area contributed by atoms with Crippen molar-refractivity contribution in [1.29, 1.82) is 0 Å². The molecule has 0 aliphatic heterocycles. The van der Waals surface area contributed by atoms with Gasteiger partial charge in [0, 0.05) is 17.3 Å². The summed E-state index contributed by atoms with van der Waals surface area (Å²) in [4.78, 5) is 12.6. The van der Waals surface area contributed by atoms with Crippen molar-refractivity contribution in [2.24, 2.45) is 0 Å². The fourth-order valence-electron chi connectivity index (χ4n) is 4.21. The van der Waals surface area contributed by atoms with E-state index < -0.39 is 16.0 Å². The van der Waals surface area contributed by atoms with E-state index in [1.165, 1.54) is 17.5 Å². The standard InChI is InChI=1S/C21H27NO4S/c1-14-10-12-18(13-11-14)27(24,25)22-16(3)19(21(23)26-4)15(2)20(22)17-8-6-5-7-9-17/h10-13,17H,5-9H2,1-4H3. The van der Waals surface area contributed by atoms with Crippen LogP contribution in [0.25, 0.3) is 0 Å². The number of hydrogen-bond donors (Lipinski definition) is 0. The molecule has 6 heteroatoms. The average molecular weight is 390 g/mol. The van der Waals surface area contributed by atoms with Gasteiger partial charge in [0.1, 0.15) is 0 Å². The Hall–Kier alpha value is -2.08. The molecule has 1 fully saturated rings. The number of aryl methyl sites for hydroxylation is 1. The van der Waals surface area contributed by atoms with E-state index in [1.807, 2.05) is 13.8 Å². The van der Waals surface area contributed by atoms with Gasteiger partial charge in [-0.3, -0.25) is 0 Å². The molecule has 27 heavy (non-hydrogen) atoms. The first kappa shape index (κ1) is 19.7. The highest BCUT2D eigenvalue weighted by molar-refractivity contribution is 7.90. The highest BCUT2D eigenvalue weighted by atomic mass is 32.2. The number of methoxy groups -OCH3 is 1. The zero-order valence-corrected chi connectivity index (χ0v) is 17.2. The summed E-state index contributed by atoms with van der Waals surface area (Å²) in [5, 5.41) is 0. The van der Waals surface area contributed by atoms with Crippen LogP contribution >= 0.6 is 0 Å². The lowest BCUT2D eigenvalue weighted by Gasteiger charge is -2.25. The number of ether oxygens (including phenoxy) is 1. The molecule has 1 aliphatic rings. The molecule has 1 aromatic carbocycles. The monoisotopic (exact) mass is 389 g/mol. The second kappa shape index (κ2) is 7.50. The van der Waals surface area contributed by atoms with Crippen molar-refractivity contribution < 1.29 is 17.9 Å². The normalized spacial score (nSPS) is 15.7. The maximum absolute atomic E-state index is 13.5. The molecule has 1 heterocycles. The number of rotatable bonds is 4. The van der Waals surface area contributed by atoms with E-state index in [-0.39, 0.29) is 10.8 Å². The molecular formula is C21H27NO4S. The molecule has 1 saturated carbocycles. The van der Waals surface area contributed by atoms with Gasteiger partial charge in [-0.05, 0) is 51.3 Å². The SMILES string of the molecule is COC(=O)c1c(C)c(C2CCCCC2)n(S(=O)(=O)c2ccc(C)cc2)c1C. The summed E-state index contributed by atoms with van der Waals surface area (Å²) in [6.07, 6.45) is 5.20. The van der Waals surface area contributed by atoms with Crippen LogP contribution in [0.3, 0.4) is 0 Å². The van der Waals surface area contributed by atoms with Crippen LogP contribution in [0, 0.1) is 20.8 Å². The van der Waals surface area contributed by atoms with Crippen molar-refractivity contribution in [3.05, 3.63) is 52.3 Å².